The molecule has 2 aliphatic heterocycles. The second-order valence-electron chi connectivity index (χ2n) is 7.96. The van der Waals surface area contributed by atoms with Crippen LogP contribution in [0.4, 0.5) is 0 Å². The Morgan fingerprint density at radius 2 is 1.85 bits per heavy atom. The van der Waals surface area contributed by atoms with Crippen molar-refractivity contribution in [2.75, 3.05) is 59.0 Å². The van der Waals surface area contributed by atoms with Crippen LogP contribution in [0.3, 0.4) is 0 Å². The van der Waals surface area contributed by atoms with Crippen LogP contribution in [0.2, 0.25) is 0 Å². The van der Waals surface area contributed by atoms with Gasteiger partial charge in [-0.05, 0) is 30.7 Å². The molecule has 148 valence electrons. The SMILES string of the molecule is CC1CCc2c(C(=O)N3CCN(CC(=O)N4CCOCC4)CC3)csc2C1. The number of rotatable bonds is 3. The summed E-state index contributed by atoms with van der Waals surface area (Å²) in [6, 6.07) is 0. The second-order valence-corrected chi connectivity index (χ2v) is 8.92. The minimum Gasteiger partial charge on any atom is -0.378 e. The number of thiophene rings is 1. The van der Waals surface area contributed by atoms with Gasteiger partial charge in [0.1, 0.15) is 0 Å². The summed E-state index contributed by atoms with van der Waals surface area (Å²) >= 11 is 1.75. The van der Waals surface area contributed by atoms with E-state index in [1.807, 2.05) is 9.80 Å². The molecular formula is C20H29N3O3S. The lowest BCUT2D eigenvalue weighted by Gasteiger charge is -2.36. The lowest BCUT2D eigenvalue weighted by Crippen LogP contribution is -2.52. The molecule has 2 saturated heterocycles. The van der Waals surface area contributed by atoms with Gasteiger partial charge in [-0.15, -0.1) is 11.3 Å². The van der Waals surface area contributed by atoms with Crippen LogP contribution in [0.25, 0.3) is 0 Å². The average molecular weight is 392 g/mol. The topological polar surface area (TPSA) is 53.1 Å². The highest BCUT2D eigenvalue weighted by Gasteiger charge is 2.29. The first-order valence-corrected chi connectivity index (χ1v) is 11.0. The Hall–Kier alpha value is -1.44. The number of fused-ring (bicyclic) bond motifs is 1. The Labute approximate surface area is 165 Å². The summed E-state index contributed by atoms with van der Waals surface area (Å²) in [5, 5.41) is 2.07. The van der Waals surface area contributed by atoms with Crippen LogP contribution in [0, 0.1) is 5.92 Å². The van der Waals surface area contributed by atoms with E-state index in [9.17, 15) is 9.59 Å². The predicted molar refractivity (Wildman–Crippen MR) is 105 cm³/mol. The molecule has 0 aromatic carbocycles. The maximum absolute atomic E-state index is 13.0. The van der Waals surface area contributed by atoms with E-state index in [2.05, 4.69) is 17.2 Å². The van der Waals surface area contributed by atoms with Crippen molar-refractivity contribution >= 4 is 23.2 Å². The first-order chi connectivity index (χ1) is 13.1. The molecule has 1 aromatic rings. The van der Waals surface area contributed by atoms with Crippen molar-refractivity contribution in [3.63, 3.8) is 0 Å². The zero-order chi connectivity index (χ0) is 18.8. The molecule has 3 heterocycles. The molecular weight excluding hydrogens is 362 g/mol. The van der Waals surface area contributed by atoms with Crippen molar-refractivity contribution in [2.24, 2.45) is 5.92 Å². The zero-order valence-electron chi connectivity index (χ0n) is 16.1. The summed E-state index contributed by atoms with van der Waals surface area (Å²) in [7, 11) is 0. The van der Waals surface area contributed by atoms with E-state index in [-0.39, 0.29) is 11.8 Å². The van der Waals surface area contributed by atoms with Gasteiger partial charge < -0.3 is 14.5 Å². The first-order valence-electron chi connectivity index (χ1n) is 10.1. The minimum atomic E-state index is 0.180. The molecule has 0 spiro atoms. The van der Waals surface area contributed by atoms with Crippen LogP contribution in [-0.4, -0.2) is 85.5 Å². The molecule has 1 aromatic heterocycles. The van der Waals surface area contributed by atoms with Crippen LogP contribution in [0.5, 0.6) is 0 Å². The fourth-order valence-electron chi connectivity index (χ4n) is 4.24. The zero-order valence-corrected chi connectivity index (χ0v) is 16.9. The van der Waals surface area contributed by atoms with E-state index in [4.69, 9.17) is 4.74 Å². The Kier molecular flexibility index (Phi) is 5.80. The van der Waals surface area contributed by atoms with Gasteiger partial charge in [-0.25, -0.2) is 0 Å². The van der Waals surface area contributed by atoms with Crippen molar-refractivity contribution in [1.82, 2.24) is 14.7 Å². The number of ether oxygens (including phenoxy) is 1. The molecule has 0 radical (unpaired) electrons. The molecule has 1 atom stereocenters. The third-order valence-electron chi connectivity index (χ3n) is 6.01. The standard InChI is InChI=1S/C20H29N3O3S/c1-15-2-3-16-17(14-27-18(16)12-15)20(25)23-6-4-21(5-7-23)13-19(24)22-8-10-26-11-9-22/h14-15H,2-13H2,1H3. The van der Waals surface area contributed by atoms with Crippen LogP contribution in [0.1, 0.15) is 34.1 Å². The summed E-state index contributed by atoms with van der Waals surface area (Å²) in [6.07, 6.45) is 3.33. The Morgan fingerprint density at radius 1 is 1.11 bits per heavy atom. The molecule has 6 nitrogen and oxygen atoms in total. The number of amides is 2. The fourth-order valence-corrected chi connectivity index (χ4v) is 5.48. The molecule has 0 saturated carbocycles. The normalized spacial score (nSPS) is 24.0. The van der Waals surface area contributed by atoms with Crippen LogP contribution >= 0.6 is 11.3 Å². The van der Waals surface area contributed by atoms with Crippen molar-refractivity contribution in [3.8, 4) is 0 Å². The van der Waals surface area contributed by atoms with Crippen molar-refractivity contribution < 1.29 is 14.3 Å². The van der Waals surface area contributed by atoms with Gasteiger partial charge in [-0.3, -0.25) is 14.5 Å². The van der Waals surface area contributed by atoms with E-state index in [0.29, 0.717) is 45.9 Å². The van der Waals surface area contributed by atoms with Crippen LogP contribution < -0.4 is 0 Å². The monoisotopic (exact) mass is 391 g/mol. The molecule has 7 heteroatoms. The molecule has 0 bridgehead atoms. The fraction of sp³-hybridized carbons (Fsp3) is 0.700. The van der Waals surface area contributed by atoms with E-state index in [1.165, 1.54) is 16.9 Å². The summed E-state index contributed by atoms with van der Waals surface area (Å²) in [5.74, 6) is 1.09. The minimum absolute atomic E-state index is 0.180. The third kappa shape index (κ3) is 4.20. The maximum Gasteiger partial charge on any atom is 0.255 e. The number of hydrogen-bond donors (Lipinski definition) is 0. The Balaban J connectivity index is 1.30. The number of carbonyl (C=O) groups is 2. The third-order valence-corrected chi connectivity index (χ3v) is 7.07. The van der Waals surface area contributed by atoms with Gasteiger partial charge in [-0.2, -0.15) is 0 Å². The van der Waals surface area contributed by atoms with Crippen molar-refractivity contribution in [2.45, 2.75) is 26.2 Å². The van der Waals surface area contributed by atoms with E-state index in [1.54, 1.807) is 11.3 Å². The van der Waals surface area contributed by atoms with Gasteiger partial charge >= 0.3 is 0 Å². The molecule has 1 unspecified atom stereocenters. The maximum atomic E-state index is 13.0. The summed E-state index contributed by atoms with van der Waals surface area (Å²) < 4.78 is 5.31. The first kappa shape index (κ1) is 18.9. The number of carbonyl (C=O) groups excluding carboxylic acids is 2. The summed E-state index contributed by atoms with van der Waals surface area (Å²) in [6.45, 7) is 8.35. The molecule has 2 fully saturated rings. The van der Waals surface area contributed by atoms with Gasteiger partial charge in [-0.1, -0.05) is 6.92 Å². The highest BCUT2D eigenvalue weighted by molar-refractivity contribution is 7.10. The number of morpholine rings is 1. The van der Waals surface area contributed by atoms with Crippen molar-refractivity contribution in [3.05, 3.63) is 21.4 Å². The van der Waals surface area contributed by atoms with E-state index < -0.39 is 0 Å². The molecule has 3 aliphatic rings. The van der Waals surface area contributed by atoms with Gasteiger partial charge in [0.2, 0.25) is 5.91 Å². The molecule has 0 N–H and O–H groups in total. The summed E-state index contributed by atoms with van der Waals surface area (Å²) in [5.41, 5.74) is 2.23. The summed E-state index contributed by atoms with van der Waals surface area (Å²) in [4.78, 5) is 32.9. The number of hydrogen-bond acceptors (Lipinski definition) is 5. The quantitative estimate of drug-likeness (QED) is 0.783. The largest absolute Gasteiger partial charge is 0.378 e. The smallest absolute Gasteiger partial charge is 0.255 e. The second kappa shape index (κ2) is 8.29. The lowest BCUT2D eigenvalue weighted by atomic mass is 9.88. The number of nitrogens with zero attached hydrogens (tertiary/aromatic N) is 3. The van der Waals surface area contributed by atoms with Gasteiger partial charge in [0.25, 0.3) is 5.91 Å². The van der Waals surface area contributed by atoms with Crippen LogP contribution in [0.15, 0.2) is 5.38 Å². The highest BCUT2D eigenvalue weighted by atomic mass is 32.1. The number of piperazine rings is 1. The van der Waals surface area contributed by atoms with Crippen molar-refractivity contribution in [1.29, 1.82) is 0 Å². The molecule has 2 amide bonds. The molecule has 1 aliphatic carbocycles. The van der Waals surface area contributed by atoms with E-state index in [0.717, 1.165) is 37.4 Å². The lowest BCUT2D eigenvalue weighted by molar-refractivity contribution is -0.136. The van der Waals surface area contributed by atoms with Gasteiger partial charge in [0.15, 0.2) is 0 Å². The Bertz CT molecular complexity index is 691. The van der Waals surface area contributed by atoms with Gasteiger partial charge in [0, 0.05) is 49.5 Å². The average Bonchev–Trinajstić information content (AvgIpc) is 3.11. The van der Waals surface area contributed by atoms with E-state index >= 15 is 0 Å². The predicted octanol–water partition coefficient (Wildman–Crippen LogP) is 1.49. The van der Waals surface area contributed by atoms with Crippen LogP contribution in [-0.2, 0) is 22.4 Å². The Morgan fingerprint density at radius 3 is 2.59 bits per heavy atom. The highest BCUT2D eigenvalue weighted by Crippen LogP contribution is 2.33. The molecule has 27 heavy (non-hydrogen) atoms. The van der Waals surface area contributed by atoms with Gasteiger partial charge in [0.05, 0.1) is 25.3 Å². The molecule has 4 rings (SSSR count).